The summed E-state index contributed by atoms with van der Waals surface area (Å²) in [6.45, 7) is 0.321. The number of amides is 1. The van der Waals surface area contributed by atoms with Gasteiger partial charge in [0.25, 0.3) is 11.5 Å². The van der Waals surface area contributed by atoms with Crippen LogP contribution in [0.2, 0.25) is 0 Å². The van der Waals surface area contributed by atoms with E-state index in [9.17, 15) is 9.59 Å². The SMILES string of the molecule is O=C(NCc1ccco1)c1ccc(-n2cnc3ccccc3c2=O)cc1. The molecule has 0 aliphatic carbocycles. The molecule has 0 bridgehead atoms. The van der Waals surface area contributed by atoms with E-state index in [2.05, 4.69) is 10.3 Å². The first-order valence-corrected chi connectivity index (χ1v) is 8.10. The Bertz CT molecular complexity index is 1110. The molecule has 2 aromatic heterocycles. The number of nitrogens with zero attached hydrogens (tertiary/aromatic N) is 2. The molecule has 2 heterocycles. The van der Waals surface area contributed by atoms with Crippen LogP contribution in [0.4, 0.5) is 0 Å². The van der Waals surface area contributed by atoms with Crippen LogP contribution in [0.5, 0.6) is 0 Å². The Morgan fingerprint density at radius 1 is 1.04 bits per heavy atom. The van der Waals surface area contributed by atoms with Crippen LogP contribution >= 0.6 is 0 Å². The van der Waals surface area contributed by atoms with Crippen molar-refractivity contribution in [3.63, 3.8) is 0 Å². The Labute approximate surface area is 148 Å². The van der Waals surface area contributed by atoms with Crippen molar-refractivity contribution in [1.82, 2.24) is 14.9 Å². The summed E-state index contributed by atoms with van der Waals surface area (Å²) < 4.78 is 6.65. The second kappa shape index (κ2) is 6.68. The van der Waals surface area contributed by atoms with Gasteiger partial charge in [-0.2, -0.15) is 0 Å². The fraction of sp³-hybridized carbons (Fsp3) is 0.0500. The third kappa shape index (κ3) is 3.00. The van der Waals surface area contributed by atoms with E-state index in [4.69, 9.17) is 4.42 Å². The lowest BCUT2D eigenvalue weighted by Crippen LogP contribution is -2.23. The molecule has 0 atom stereocenters. The standard InChI is InChI=1S/C20H15N3O3/c24-19(21-12-16-4-3-11-26-16)14-7-9-15(10-8-14)23-13-22-18-6-2-1-5-17(18)20(23)25/h1-11,13H,12H2,(H,21,24). The summed E-state index contributed by atoms with van der Waals surface area (Å²) >= 11 is 0. The van der Waals surface area contributed by atoms with Gasteiger partial charge in [0.1, 0.15) is 12.1 Å². The van der Waals surface area contributed by atoms with Gasteiger partial charge in [0, 0.05) is 5.56 Å². The highest BCUT2D eigenvalue weighted by atomic mass is 16.3. The van der Waals surface area contributed by atoms with Crippen molar-refractivity contribution in [2.45, 2.75) is 6.54 Å². The minimum atomic E-state index is -0.211. The number of hydrogen-bond acceptors (Lipinski definition) is 4. The Hall–Kier alpha value is -3.67. The number of hydrogen-bond donors (Lipinski definition) is 1. The molecule has 0 saturated heterocycles. The highest BCUT2D eigenvalue weighted by Crippen LogP contribution is 2.11. The number of aromatic nitrogens is 2. The second-order valence-electron chi connectivity index (χ2n) is 5.75. The molecular formula is C20H15N3O3. The number of carbonyl (C=O) groups is 1. The first-order chi connectivity index (χ1) is 12.7. The molecule has 2 aromatic carbocycles. The number of nitrogens with one attached hydrogen (secondary N) is 1. The molecule has 0 saturated carbocycles. The third-order valence-electron chi connectivity index (χ3n) is 4.08. The minimum absolute atomic E-state index is 0.148. The summed E-state index contributed by atoms with van der Waals surface area (Å²) in [5, 5.41) is 3.33. The maximum Gasteiger partial charge on any atom is 0.265 e. The lowest BCUT2D eigenvalue weighted by molar-refractivity contribution is 0.0948. The molecule has 1 N–H and O–H groups in total. The fourth-order valence-electron chi connectivity index (χ4n) is 2.71. The summed E-state index contributed by atoms with van der Waals surface area (Å²) in [6, 6.07) is 17.6. The lowest BCUT2D eigenvalue weighted by Gasteiger charge is -2.08. The van der Waals surface area contributed by atoms with Crippen molar-refractivity contribution in [3.8, 4) is 5.69 Å². The van der Waals surface area contributed by atoms with E-state index in [1.54, 1.807) is 54.8 Å². The number of benzene rings is 2. The zero-order chi connectivity index (χ0) is 17.9. The number of fused-ring (bicyclic) bond motifs is 1. The summed E-state index contributed by atoms with van der Waals surface area (Å²) in [4.78, 5) is 29.1. The van der Waals surface area contributed by atoms with Crippen molar-refractivity contribution in [2.24, 2.45) is 0 Å². The maximum absolute atomic E-state index is 12.6. The average Bonchev–Trinajstić information content (AvgIpc) is 3.20. The van der Waals surface area contributed by atoms with Gasteiger partial charge in [-0.3, -0.25) is 14.2 Å². The van der Waals surface area contributed by atoms with Crippen LogP contribution in [0.25, 0.3) is 16.6 Å². The van der Waals surface area contributed by atoms with Crippen LogP contribution < -0.4 is 10.9 Å². The van der Waals surface area contributed by atoms with Gasteiger partial charge in [-0.05, 0) is 48.5 Å². The molecule has 0 radical (unpaired) electrons. The highest BCUT2D eigenvalue weighted by Gasteiger charge is 2.09. The maximum atomic E-state index is 12.6. The van der Waals surface area contributed by atoms with Crippen LogP contribution in [0.15, 0.2) is 82.5 Å². The van der Waals surface area contributed by atoms with E-state index >= 15 is 0 Å². The van der Waals surface area contributed by atoms with E-state index in [1.807, 2.05) is 12.1 Å². The monoisotopic (exact) mass is 345 g/mol. The van der Waals surface area contributed by atoms with E-state index < -0.39 is 0 Å². The van der Waals surface area contributed by atoms with Gasteiger partial charge >= 0.3 is 0 Å². The average molecular weight is 345 g/mol. The lowest BCUT2D eigenvalue weighted by atomic mass is 10.2. The van der Waals surface area contributed by atoms with Gasteiger partial charge in [0.05, 0.1) is 29.4 Å². The van der Waals surface area contributed by atoms with E-state index in [0.717, 1.165) is 0 Å². The van der Waals surface area contributed by atoms with Crippen LogP contribution in [-0.4, -0.2) is 15.5 Å². The normalized spacial score (nSPS) is 10.8. The van der Waals surface area contributed by atoms with Crippen LogP contribution in [-0.2, 0) is 6.54 Å². The first-order valence-electron chi connectivity index (χ1n) is 8.10. The molecule has 0 spiro atoms. The van der Waals surface area contributed by atoms with E-state index in [1.165, 1.54) is 10.9 Å². The number of rotatable bonds is 4. The summed E-state index contributed by atoms with van der Waals surface area (Å²) in [6.07, 6.45) is 3.06. The van der Waals surface area contributed by atoms with Crippen molar-refractivity contribution >= 4 is 16.8 Å². The predicted molar refractivity (Wildman–Crippen MR) is 97.2 cm³/mol. The van der Waals surface area contributed by atoms with Gasteiger partial charge in [0.15, 0.2) is 0 Å². The molecule has 26 heavy (non-hydrogen) atoms. The molecule has 0 fully saturated rings. The fourth-order valence-corrected chi connectivity index (χ4v) is 2.71. The van der Waals surface area contributed by atoms with Crippen LogP contribution in [0, 0.1) is 0 Å². The minimum Gasteiger partial charge on any atom is -0.467 e. The Morgan fingerprint density at radius 3 is 2.62 bits per heavy atom. The largest absolute Gasteiger partial charge is 0.467 e. The van der Waals surface area contributed by atoms with Gasteiger partial charge in [-0.25, -0.2) is 4.98 Å². The van der Waals surface area contributed by atoms with Gasteiger partial charge in [-0.15, -0.1) is 0 Å². The quantitative estimate of drug-likeness (QED) is 0.617. The summed E-state index contributed by atoms with van der Waals surface area (Å²) in [5.41, 5.74) is 1.66. The van der Waals surface area contributed by atoms with Gasteiger partial charge < -0.3 is 9.73 Å². The molecular weight excluding hydrogens is 330 g/mol. The van der Waals surface area contributed by atoms with Crippen molar-refractivity contribution in [2.75, 3.05) is 0 Å². The van der Waals surface area contributed by atoms with E-state index in [-0.39, 0.29) is 11.5 Å². The Morgan fingerprint density at radius 2 is 1.85 bits per heavy atom. The topological polar surface area (TPSA) is 77.1 Å². The molecule has 0 aliphatic heterocycles. The van der Waals surface area contributed by atoms with Crippen molar-refractivity contribution in [1.29, 1.82) is 0 Å². The third-order valence-corrected chi connectivity index (χ3v) is 4.08. The van der Waals surface area contributed by atoms with Crippen molar-refractivity contribution < 1.29 is 9.21 Å². The highest BCUT2D eigenvalue weighted by molar-refractivity contribution is 5.94. The smallest absolute Gasteiger partial charge is 0.265 e. The molecule has 0 aliphatic rings. The number of furan rings is 1. The molecule has 4 rings (SSSR count). The predicted octanol–water partition coefficient (Wildman–Crippen LogP) is 2.91. The Balaban J connectivity index is 1.57. The number of para-hydroxylation sites is 1. The zero-order valence-electron chi connectivity index (χ0n) is 13.8. The van der Waals surface area contributed by atoms with E-state index in [0.29, 0.717) is 34.5 Å². The second-order valence-corrected chi connectivity index (χ2v) is 5.75. The summed E-state index contributed by atoms with van der Waals surface area (Å²) in [7, 11) is 0. The van der Waals surface area contributed by atoms with Gasteiger partial charge in [-0.1, -0.05) is 12.1 Å². The molecule has 6 heteroatoms. The molecule has 0 unspecified atom stereocenters. The van der Waals surface area contributed by atoms with Crippen LogP contribution in [0.1, 0.15) is 16.1 Å². The van der Waals surface area contributed by atoms with Crippen molar-refractivity contribution in [3.05, 3.63) is 94.9 Å². The molecule has 6 nitrogen and oxygen atoms in total. The summed E-state index contributed by atoms with van der Waals surface area (Å²) in [5.74, 6) is 0.473. The number of carbonyl (C=O) groups excluding carboxylic acids is 1. The zero-order valence-corrected chi connectivity index (χ0v) is 13.8. The van der Waals surface area contributed by atoms with Crippen LogP contribution in [0.3, 0.4) is 0 Å². The molecule has 128 valence electrons. The Kier molecular flexibility index (Phi) is 4.07. The van der Waals surface area contributed by atoms with Gasteiger partial charge in [0.2, 0.25) is 0 Å². The molecule has 4 aromatic rings. The molecule has 1 amide bonds. The first kappa shape index (κ1) is 15.8.